The lowest BCUT2D eigenvalue weighted by molar-refractivity contribution is 0.0714. The second kappa shape index (κ2) is 8.02. The van der Waals surface area contributed by atoms with Crippen molar-refractivity contribution in [1.29, 1.82) is 0 Å². The number of rotatable bonds is 5. The van der Waals surface area contributed by atoms with Crippen LogP contribution in [0, 0.1) is 18.8 Å². The monoisotopic (exact) mass is 266 g/mol. The van der Waals surface area contributed by atoms with Crippen LogP contribution in [0.1, 0.15) is 24.5 Å². The molecule has 0 aliphatic rings. The summed E-state index contributed by atoms with van der Waals surface area (Å²) < 4.78 is 10.8. The van der Waals surface area contributed by atoms with Crippen LogP contribution in [-0.4, -0.2) is 25.7 Å². The van der Waals surface area contributed by atoms with E-state index in [9.17, 15) is 0 Å². The molecular weight excluding hydrogens is 248 g/mol. The van der Waals surface area contributed by atoms with E-state index in [2.05, 4.69) is 11.8 Å². The van der Waals surface area contributed by atoms with E-state index in [4.69, 9.17) is 21.1 Å². The summed E-state index contributed by atoms with van der Waals surface area (Å²) in [5, 5.41) is 0. The molecular formula is C15H19ClO2. The smallest absolute Gasteiger partial charge is 0.122 e. The molecule has 1 rings (SSSR count). The van der Waals surface area contributed by atoms with Crippen LogP contribution in [0.3, 0.4) is 0 Å². The lowest BCUT2D eigenvalue weighted by atomic mass is 10.1. The number of methoxy groups -OCH3 is 1. The molecule has 0 spiro atoms. The molecule has 0 fully saturated rings. The van der Waals surface area contributed by atoms with Gasteiger partial charge in [0.05, 0.1) is 6.10 Å². The van der Waals surface area contributed by atoms with Crippen molar-refractivity contribution in [3.8, 4) is 17.6 Å². The van der Waals surface area contributed by atoms with E-state index in [1.165, 1.54) is 0 Å². The molecule has 0 heterocycles. The minimum Gasteiger partial charge on any atom is -0.491 e. The fraction of sp³-hybridized carbons (Fsp3) is 0.467. The predicted octanol–water partition coefficient (Wildman–Crippen LogP) is 3.39. The third-order valence-electron chi connectivity index (χ3n) is 2.50. The van der Waals surface area contributed by atoms with Gasteiger partial charge < -0.3 is 9.47 Å². The van der Waals surface area contributed by atoms with E-state index < -0.39 is 0 Å². The van der Waals surface area contributed by atoms with Crippen molar-refractivity contribution >= 4 is 11.6 Å². The van der Waals surface area contributed by atoms with Crippen molar-refractivity contribution in [2.24, 2.45) is 0 Å². The zero-order chi connectivity index (χ0) is 13.4. The third-order valence-corrected chi connectivity index (χ3v) is 2.69. The highest BCUT2D eigenvalue weighted by Gasteiger charge is 2.03. The van der Waals surface area contributed by atoms with Crippen LogP contribution < -0.4 is 4.74 Å². The molecule has 0 amide bonds. The average Bonchev–Trinajstić information content (AvgIpc) is 2.37. The summed E-state index contributed by atoms with van der Waals surface area (Å²) in [4.78, 5) is 0. The molecule has 1 aromatic rings. The second-order valence-corrected chi connectivity index (χ2v) is 4.46. The van der Waals surface area contributed by atoms with Gasteiger partial charge in [0.25, 0.3) is 0 Å². The van der Waals surface area contributed by atoms with E-state index in [1.807, 2.05) is 32.0 Å². The summed E-state index contributed by atoms with van der Waals surface area (Å²) in [5.74, 6) is 7.54. The lowest BCUT2D eigenvalue weighted by Gasteiger charge is -2.13. The van der Waals surface area contributed by atoms with Gasteiger partial charge in [-0.2, -0.15) is 0 Å². The van der Waals surface area contributed by atoms with Crippen molar-refractivity contribution in [2.75, 3.05) is 19.6 Å². The number of ether oxygens (including phenoxy) is 2. The minimum absolute atomic E-state index is 0.0904. The van der Waals surface area contributed by atoms with Gasteiger partial charge in [-0.05, 0) is 37.6 Å². The predicted molar refractivity (Wildman–Crippen MR) is 75.4 cm³/mol. The molecule has 0 N–H and O–H groups in total. The highest BCUT2D eigenvalue weighted by Crippen LogP contribution is 2.19. The van der Waals surface area contributed by atoms with Gasteiger partial charge in [0.2, 0.25) is 0 Å². The zero-order valence-electron chi connectivity index (χ0n) is 11.1. The summed E-state index contributed by atoms with van der Waals surface area (Å²) in [6.45, 7) is 4.54. The van der Waals surface area contributed by atoms with E-state index >= 15 is 0 Å². The van der Waals surface area contributed by atoms with Crippen LogP contribution in [0.25, 0.3) is 0 Å². The molecule has 0 aromatic heterocycles. The maximum atomic E-state index is 5.68. The van der Waals surface area contributed by atoms with Crippen molar-refractivity contribution in [2.45, 2.75) is 26.4 Å². The molecule has 2 nitrogen and oxygen atoms in total. The van der Waals surface area contributed by atoms with E-state index in [0.717, 1.165) is 16.9 Å². The van der Waals surface area contributed by atoms with Gasteiger partial charge in [0.1, 0.15) is 12.4 Å². The van der Waals surface area contributed by atoms with Crippen molar-refractivity contribution in [3.63, 3.8) is 0 Å². The molecule has 1 aromatic carbocycles. The zero-order valence-corrected chi connectivity index (χ0v) is 11.9. The first kappa shape index (κ1) is 14.9. The fourth-order valence-electron chi connectivity index (χ4n) is 1.38. The molecule has 0 radical (unpaired) electrons. The summed E-state index contributed by atoms with van der Waals surface area (Å²) in [6.07, 6.45) is 0.803. The van der Waals surface area contributed by atoms with Gasteiger partial charge in [0, 0.05) is 25.0 Å². The molecule has 3 heteroatoms. The Hall–Kier alpha value is -1.17. The van der Waals surface area contributed by atoms with Gasteiger partial charge >= 0.3 is 0 Å². The van der Waals surface area contributed by atoms with Crippen molar-refractivity contribution in [1.82, 2.24) is 0 Å². The Bertz CT molecular complexity index is 432. The van der Waals surface area contributed by atoms with Crippen LogP contribution in [-0.2, 0) is 4.74 Å². The maximum Gasteiger partial charge on any atom is 0.122 e. The quantitative estimate of drug-likeness (QED) is 0.601. The molecule has 0 saturated heterocycles. The molecule has 0 saturated carbocycles. The number of aryl methyl sites for hydroxylation is 1. The van der Waals surface area contributed by atoms with Gasteiger partial charge in [-0.25, -0.2) is 0 Å². The van der Waals surface area contributed by atoms with Crippen molar-refractivity contribution in [3.05, 3.63) is 29.3 Å². The highest BCUT2D eigenvalue weighted by molar-refractivity contribution is 6.18. The van der Waals surface area contributed by atoms with Gasteiger partial charge in [-0.3, -0.25) is 0 Å². The second-order valence-electron chi connectivity index (χ2n) is 4.08. The summed E-state index contributed by atoms with van der Waals surface area (Å²) in [5.41, 5.74) is 2.07. The standard InChI is InChI=1S/C15H19ClO2/c1-12-10-14(6-4-5-9-16)7-8-15(12)18-11-13(2)17-3/h7-8,10,13H,5,9,11H2,1-3H3. The minimum atomic E-state index is 0.0904. The number of benzene rings is 1. The van der Waals surface area contributed by atoms with E-state index in [1.54, 1.807) is 7.11 Å². The van der Waals surface area contributed by atoms with Crippen LogP contribution >= 0.6 is 11.6 Å². The molecule has 0 aliphatic heterocycles. The summed E-state index contributed by atoms with van der Waals surface area (Å²) >= 11 is 5.57. The van der Waals surface area contributed by atoms with Crippen LogP contribution in [0.2, 0.25) is 0 Å². The molecule has 98 valence electrons. The molecule has 18 heavy (non-hydrogen) atoms. The van der Waals surface area contributed by atoms with E-state index in [-0.39, 0.29) is 6.10 Å². The largest absolute Gasteiger partial charge is 0.491 e. The summed E-state index contributed by atoms with van der Waals surface area (Å²) in [7, 11) is 1.68. The van der Waals surface area contributed by atoms with Crippen LogP contribution in [0.15, 0.2) is 18.2 Å². The van der Waals surface area contributed by atoms with Crippen LogP contribution in [0.4, 0.5) is 0 Å². The normalized spacial score (nSPS) is 11.6. The highest BCUT2D eigenvalue weighted by atomic mass is 35.5. The van der Waals surface area contributed by atoms with E-state index in [0.29, 0.717) is 18.9 Å². The topological polar surface area (TPSA) is 18.5 Å². The Morgan fingerprint density at radius 3 is 2.78 bits per heavy atom. The Labute approximate surface area is 114 Å². The average molecular weight is 267 g/mol. The van der Waals surface area contributed by atoms with Gasteiger partial charge in [-0.1, -0.05) is 11.8 Å². The third kappa shape index (κ3) is 5.00. The molecule has 1 atom stereocenters. The van der Waals surface area contributed by atoms with Crippen LogP contribution in [0.5, 0.6) is 5.75 Å². The maximum absolute atomic E-state index is 5.68. The first-order chi connectivity index (χ1) is 8.67. The number of alkyl halides is 1. The summed E-state index contributed by atoms with van der Waals surface area (Å²) in [6, 6.07) is 5.93. The first-order valence-electron chi connectivity index (χ1n) is 5.98. The molecule has 0 aliphatic carbocycles. The van der Waals surface area contributed by atoms with Gasteiger partial charge in [0.15, 0.2) is 0 Å². The number of halogens is 1. The Morgan fingerprint density at radius 1 is 1.39 bits per heavy atom. The van der Waals surface area contributed by atoms with Gasteiger partial charge in [-0.15, -0.1) is 11.6 Å². The Morgan fingerprint density at radius 2 is 2.17 bits per heavy atom. The van der Waals surface area contributed by atoms with Crippen molar-refractivity contribution < 1.29 is 9.47 Å². The lowest BCUT2D eigenvalue weighted by Crippen LogP contribution is -2.16. The SMILES string of the molecule is COC(C)COc1ccc(C#CCCCl)cc1C. The number of hydrogen-bond acceptors (Lipinski definition) is 2. The Kier molecular flexibility index (Phi) is 6.64. The fourth-order valence-corrected chi connectivity index (χ4v) is 1.47. The Balaban J connectivity index is 2.65. The molecule has 1 unspecified atom stereocenters. The molecule has 0 bridgehead atoms. The first-order valence-corrected chi connectivity index (χ1v) is 6.52. The number of hydrogen-bond donors (Lipinski definition) is 0.